The van der Waals surface area contributed by atoms with Crippen molar-refractivity contribution in [3.8, 4) is 5.69 Å². The van der Waals surface area contributed by atoms with E-state index in [1.165, 1.54) is 22.1 Å². The van der Waals surface area contributed by atoms with E-state index in [9.17, 15) is 13.2 Å². The number of rotatable bonds is 7. The third-order valence-corrected chi connectivity index (χ3v) is 8.09. The normalized spacial score (nSPS) is 14.8. The second-order valence-electron chi connectivity index (χ2n) is 7.65. The van der Waals surface area contributed by atoms with Gasteiger partial charge in [-0.25, -0.2) is 8.42 Å². The van der Waals surface area contributed by atoms with E-state index in [0.717, 1.165) is 16.8 Å². The molecule has 4 rings (SSSR count). The molecule has 1 N–H and O–H groups in total. The Bertz CT molecular complexity index is 1240. The molecular formula is C22H25N5O4S2. The zero-order valence-corrected chi connectivity index (χ0v) is 20.0. The van der Waals surface area contributed by atoms with Gasteiger partial charge >= 0.3 is 0 Å². The van der Waals surface area contributed by atoms with Gasteiger partial charge in [-0.15, -0.1) is 10.2 Å². The molecule has 1 fully saturated rings. The number of carbonyl (C=O) groups is 1. The minimum Gasteiger partial charge on any atom is -0.379 e. The molecule has 0 saturated carbocycles. The van der Waals surface area contributed by atoms with E-state index in [0.29, 0.717) is 37.1 Å². The van der Waals surface area contributed by atoms with Gasteiger partial charge < -0.3 is 10.1 Å². The van der Waals surface area contributed by atoms with Gasteiger partial charge in [0.05, 0.1) is 23.9 Å². The summed E-state index contributed by atoms with van der Waals surface area (Å²) in [5.41, 5.74) is 3.30. The lowest BCUT2D eigenvalue weighted by Crippen LogP contribution is -2.40. The van der Waals surface area contributed by atoms with Gasteiger partial charge in [0.2, 0.25) is 15.9 Å². The van der Waals surface area contributed by atoms with E-state index in [2.05, 4.69) is 15.5 Å². The van der Waals surface area contributed by atoms with Gasteiger partial charge in [-0.1, -0.05) is 35.5 Å². The molecule has 1 aromatic heterocycles. The fourth-order valence-corrected chi connectivity index (χ4v) is 5.52. The Labute approximate surface area is 197 Å². The maximum Gasteiger partial charge on any atom is 0.243 e. The highest BCUT2D eigenvalue weighted by atomic mass is 32.2. The molecule has 0 aliphatic carbocycles. The highest BCUT2D eigenvalue weighted by molar-refractivity contribution is 7.99. The lowest BCUT2D eigenvalue weighted by molar-refractivity contribution is -0.113. The Morgan fingerprint density at radius 2 is 1.85 bits per heavy atom. The zero-order valence-electron chi connectivity index (χ0n) is 18.4. The van der Waals surface area contributed by atoms with Crippen LogP contribution in [-0.4, -0.2) is 65.5 Å². The van der Waals surface area contributed by atoms with Crippen LogP contribution in [0.25, 0.3) is 5.69 Å². The molecule has 0 unspecified atom stereocenters. The van der Waals surface area contributed by atoms with Crippen LogP contribution in [-0.2, 0) is 19.6 Å². The molecule has 2 heterocycles. The van der Waals surface area contributed by atoms with Crippen LogP contribution < -0.4 is 5.32 Å². The van der Waals surface area contributed by atoms with Crippen molar-refractivity contribution in [2.45, 2.75) is 23.9 Å². The number of benzene rings is 2. The fourth-order valence-electron chi connectivity index (χ4n) is 3.35. The maximum absolute atomic E-state index is 12.9. The van der Waals surface area contributed by atoms with Crippen molar-refractivity contribution in [2.24, 2.45) is 0 Å². The highest BCUT2D eigenvalue weighted by Crippen LogP contribution is 2.25. The maximum atomic E-state index is 12.9. The molecule has 9 nitrogen and oxygen atoms in total. The van der Waals surface area contributed by atoms with E-state index < -0.39 is 10.0 Å². The molecule has 11 heteroatoms. The van der Waals surface area contributed by atoms with Crippen molar-refractivity contribution in [1.82, 2.24) is 19.1 Å². The second kappa shape index (κ2) is 10.0. The Balaban J connectivity index is 1.44. The van der Waals surface area contributed by atoms with Gasteiger partial charge in [0.25, 0.3) is 0 Å². The average Bonchev–Trinajstić information content (AvgIpc) is 3.29. The van der Waals surface area contributed by atoms with Crippen molar-refractivity contribution in [1.29, 1.82) is 0 Å². The molecule has 0 atom stereocenters. The molecule has 1 saturated heterocycles. The molecule has 1 aliphatic heterocycles. The van der Waals surface area contributed by atoms with Crippen LogP contribution >= 0.6 is 11.8 Å². The van der Waals surface area contributed by atoms with Crippen molar-refractivity contribution in [2.75, 3.05) is 37.4 Å². The molecule has 0 bridgehead atoms. The Morgan fingerprint density at radius 3 is 2.58 bits per heavy atom. The van der Waals surface area contributed by atoms with Gasteiger partial charge in [-0.3, -0.25) is 9.36 Å². The summed E-state index contributed by atoms with van der Waals surface area (Å²) < 4.78 is 34.4. The number of sulfonamides is 1. The van der Waals surface area contributed by atoms with Crippen LogP contribution in [0.5, 0.6) is 0 Å². The van der Waals surface area contributed by atoms with Gasteiger partial charge in [-0.2, -0.15) is 4.31 Å². The van der Waals surface area contributed by atoms with Crippen molar-refractivity contribution < 1.29 is 17.9 Å². The molecule has 0 radical (unpaired) electrons. The predicted octanol–water partition coefficient (Wildman–Crippen LogP) is 2.64. The third-order valence-electron chi connectivity index (χ3n) is 5.25. The smallest absolute Gasteiger partial charge is 0.243 e. The number of carbonyl (C=O) groups excluding carboxylic acids is 1. The number of aryl methyl sites for hydroxylation is 2. The highest BCUT2D eigenvalue weighted by Gasteiger charge is 2.27. The summed E-state index contributed by atoms with van der Waals surface area (Å²) in [7, 11) is -3.65. The summed E-state index contributed by atoms with van der Waals surface area (Å²) in [4.78, 5) is 12.8. The number of amides is 1. The Hall–Kier alpha value is -2.73. The number of ether oxygens (including phenoxy) is 1. The fraction of sp³-hybridized carbons (Fsp3) is 0.318. The van der Waals surface area contributed by atoms with Gasteiger partial charge in [0.15, 0.2) is 5.16 Å². The van der Waals surface area contributed by atoms with Crippen LogP contribution in [0.15, 0.2) is 58.8 Å². The van der Waals surface area contributed by atoms with E-state index in [4.69, 9.17) is 4.74 Å². The molecule has 174 valence electrons. The first-order chi connectivity index (χ1) is 15.8. The van der Waals surface area contributed by atoms with Gasteiger partial charge in [-0.05, 0) is 43.7 Å². The van der Waals surface area contributed by atoms with Gasteiger partial charge in [0.1, 0.15) is 6.33 Å². The number of nitrogens with zero attached hydrogens (tertiary/aromatic N) is 4. The summed E-state index contributed by atoms with van der Waals surface area (Å²) >= 11 is 1.26. The summed E-state index contributed by atoms with van der Waals surface area (Å²) in [5.74, 6) is -0.160. The molecule has 3 aromatic rings. The minimum atomic E-state index is -3.65. The summed E-state index contributed by atoms with van der Waals surface area (Å²) in [6.45, 7) is 5.21. The molecule has 1 amide bonds. The van der Waals surface area contributed by atoms with Gasteiger partial charge in [0, 0.05) is 24.5 Å². The average molecular weight is 488 g/mol. The van der Waals surface area contributed by atoms with E-state index in [1.807, 2.05) is 42.7 Å². The summed E-state index contributed by atoms with van der Waals surface area (Å²) in [6, 6.07) is 12.7. The minimum absolute atomic E-state index is 0.102. The Kier molecular flexibility index (Phi) is 7.13. The predicted molar refractivity (Wildman–Crippen MR) is 126 cm³/mol. The number of aromatic nitrogens is 3. The zero-order chi connectivity index (χ0) is 23.4. The van der Waals surface area contributed by atoms with Crippen LogP contribution in [0.4, 0.5) is 5.69 Å². The summed E-state index contributed by atoms with van der Waals surface area (Å²) in [5, 5.41) is 11.5. The number of hydrogen-bond acceptors (Lipinski definition) is 7. The first-order valence-corrected chi connectivity index (χ1v) is 12.9. The number of hydrogen-bond donors (Lipinski definition) is 1. The van der Waals surface area contributed by atoms with Crippen LogP contribution in [0, 0.1) is 13.8 Å². The lowest BCUT2D eigenvalue weighted by Gasteiger charge is -2.26. The number of nitrogens with one attached hydrogen (secondary N) is 1. The van der Waals surface area contributed by atoms with Crippen molar-refractivity contribution in [3.63, 3.8) is 0 Å². The number of anilines is 1. The monoisotopic (exact) mass is 487 g/mol. The lowest BCUT2D eigenvalue weighted by atomic mass is 10.2. The van der Waals surface area contributed by atoms with Crippen LogP contribution in [0.2, 0.25) is 0 Å². The molecular weight excluding hydrogens is 462 g/mol. The van der Waals surface area contributed by atoms with Crippen LogP contribution in [0.3, 0.4) is 0 Å². The van der Waals surface area contributed by atoms with Crippen LogP contribution in [0.1, 0.15) is 11.1 Å². The topological polar surface area (TPSA) is 106 Å². The second-order valence-corrected chi connectivity index (χ2v) is 10.5. The van der Waals surface area contributed by atoms with Crippen molar-refractivity contribution >= 4 is 33.4 Å². The SMILES string of the molecule is Cc1ccc(-n2cnnc2SCC(=O)Nc2cc(S(=O)(=O)N3CCOCC3)ccc2C)cc1. The molecule has 2 aromatic carbocycles. The first-order valence-electron chi connectivity index (χ1n) is 10.4. The molecule has 0 spiro atoms. The van der Waals surface area contributed by atoms with E-state index >= 15 is 0 Å². The number of morpholine rings is 1. The summed E-state index contributed by atoms with van der Waals surface area (Å²) in [6.07, 6.45) is 1.61. The van der Waals surface area contributed by atoms with Crippen molar-refractivity contribution in [3.05, 3.63) is 59.9 Å². The first kappa shape index (κ1) is 23.4. The largest absolute Gasteiger partial charge is 0.379 e. The number of thioether (sulfide) groups is 1. The van der Waals surface area contributed by atoms with E-state index in [-0.39, 0.29) is 16.6 Å². The van der Waals surface area contributed by atoms with E-state index in [1.54, 1.807) is 18.5 Å². The quantitative estimate of drug-likeness (QED) is 0.511. The molecule has 33 heavy (non-hydrogen) atoms. The Morgan fingerprint density at radius 1 is 1.12 bits per heavy atom. The third kappa shape index (κ3) is 5.44. The standard InChI is InChI=1S/C22H25N5O4S2/c1-16-3-6-18(7-4-16)27-15-23-25-22(27)32-14-21(28)24-20-13-19(8-5-17(20)2)33(29,30)26-9-11-31-12-10-26/h3-8,13,15H,9-12,14H2,1-2H3,(H,24,28). The molecule has 1 aliphatic rings.